The van der Waals surface area contributed by atoms with E-state index >= 15 is 0 Å². The minimum Gasteiger partial charge on any atom is -0.462 e. The number of unbranched alkanes of at least 4 members (excludes halogenated alkanes) is 10. The Hall–Kier alpha value is -3.27. The van der Waals surface area contributed by atoms with Gasteiger partial charge in [0, 0.05) is 12.8 Å². The van der Waals surface area contributed by atoms with E-state index in [2.05, 4.69) is 74.6 Å². The summed E-state index contributed by atoms with van der Waals surface area (Å²) in [6.07, 6.45) is 36.1. The molecule has 4 unspecified atom stereocenters. The summed E-state index contributed by atoms with van der Waals surface area (Å²) >= 11 is 0. The van der Waals surface area contributed by atoms with Crippen molar-refractivity contribution in [3.8, 4) is 0 Å². The summed E-state index contributed by atoms with van der Waals surface area (Å²) in [6, 6.07) is 0. The zero-order valence-corrected chi connectivity index (χ0v) is 40.4. The van der Waals surface area contributed by atoms with E-state index in [1.54, 1.807) is 18.2 Å². The summed E-state index contributed by atoms with van der Waals surface area (Å²) in [5, 5.41) is 60.4. The number of allylic oxidation sites excluding steroid dienone is 14. The summed E-state index contributed by atoms with van der Waals surface area (Å²) in [4.78, 5) is 35.8. The predicted octanol–water partition coefficient (Wildman–Crippen LogP) is 8.80. The first kappa shape index (κ1) is 60.7. The highest BCUT2D eigenvalue weighted by Crippen LogP contribution is 2.47. The van der Waals surface area contributed by atoms with Crippen LogP contribution in [0, 0.1) is 0 Å². The van der Waals surface area contributed by atoms with Gasteiger partial charge in [-0.25, -0.2) is 4.57 Å². The molecule has 9 atom stereocenters. The third-order valence-corrected chi connectivity index (χ3v) is 11.5. The largest absolute Gasteiger partial charge is 0.472 e. The molecule has 0 radical (unpaired) electrons. The third kappa shape index (κ3) is 31.7. The number of carbonyl (C=O) groups is 2. The van der Waals surface area contributed by atoms with Crippen LogP contribution >= 0.6 is 7.82 Å². The number of carbonyl (C=O) groups excluding carboxylic acids is 2. The molecule has 0 spiro atoms. The molecule has 0 aliphatic heterocycles. The Balaban J connectivity index is 2.53. The molecule has 66 heavy (non-hydrogen) atoms. The van der Waals surface area contributed by atoms with Crippen molar-refractivity contribution in [3.63, 3.8) is 0 Å². The van der Waals surface area contributed by atoms with Gasteiger partial charge in [0.25, 0.3) is 0 Å². The van der Waals surface area contributed by atoms with Gasteiger partial charge in [0.2, 0.25) is 0 Å². The molecule has 0 aromatic carbocycles. The van der Waals surface area contributed by atoms with Gasteiger partial charge in [-0.05, 0) is 83.5 Å². The van der Waals surface area contributed by atoms with E-state index in [9.17, 15) is 49.7 Å². The maximum absolute atomic E-state index is 12.8. The molecule has 0 amide bonds. The number of phosphoric acid groups is 1. The minimum absolute atomic E-state index is 0.0229. The fourth-order valence-corrected chi connectivity index (χ4v) is 7.56. The second-order valence-corrected chi connectivity index (χ2v) is 17.8. The lowest BCUT2D eigenvalue weighted by Crippen LogP contribution is -2.64. The molecule has 15 heteroatoms. The van der Waals surface area contributed by atoms with Crippen LogP contribution in [-0.4, -0.2) is 110 Å². The van der Waals surface area contributed by atoms with Crippen LogP contribution in [0.4, 0.5) is 0 Å². The van der Waals surface area contributed by atoms with Crippen LogP contribution in [0.5, 0.6) is 0 Å². The molecule has 376 valence electrons. The van der Waals surface area contributed by atoms with Gasteiger partial charge in [0.15, 0.2) is 6.10 Å². The molecule has 1 aliphatic rings. The highest BCUT2D eigenvalue weighted by Gasteiger charge is 2.51. The van der Waals surface area contributed by atoms with Crippen molar-refractivity contribution in [3.05, 3.63) is 97.2 Å². The fraction of sp³-hybridized carbons (Fsp3) is 0.647. The van der Waals surface area contributed by atoms with E-state index in [1.807, 2.05) is 18.2 Å². The van der Waals surface area contributed by atoms with Gasteiger partial charge < -0.3 is 45.0 Å². The number of rotatable bonds is 38. The zero-order valence-electron chi connectivity index (χ0n) is 39.6. The Morgan fingerprint density at radius 1 is 0.561 bits per heavy atom. The van der Waals surface area contributed by atoms with E-state index in [0.29, 0.717) is 25.7 Å². The van der Waals surface area contributed by atoms with Crippen molar-refractivity contribution in [2.24, 2.45) is 0 Å². The monoisotopic (exact) mass is 951 g/mol. The first-order chi connectivity index (χ1) is 31.8. The molecule has 0 saturated heterocycles. The van der Waals surface area contributed by atoms with Crippen LogP contribution < -0.4 is 0 Å². The van der Waals surface area contributed by atoms with Crippen molar-refractivity contribution < 1.29 is 68.2 Å². The predicted molar refractivity (Wildman–Crippen MR) is 259 cm³/mol. The van der Waals surface area contributed by atoms with Crippen molar-refractivity contribution in [1.29, 1.82) is 0 Å². The van der Waals surface area contributed by atoms with Crippen LogP contribution in [-0.2, 0) is 32.7 Å². The number of esters is 2. The Morgan fingerprint density at radius 3 is 1.67 bits per heavy atom. The minimum atomic E-state index is -5.16. The standard InChI is InChI=1S/C51H83O14P/c1-3-5-7-9-11-13-14-15-16-17-18-19-20-21-22-24-26-30-35-39-45(54)64-43(41-63-66(60,61)65-51-49(58)47(56)46(55)48(57)50(51)59)40-62-44(53)38-34-31-27-29-33-37-42(52)36-32-28-25-23-12-10-8-6-4-2/h5,7,11-13,15-16,18-19,23,27-29,32-33,37,42-43,46-52,55-59H,3-4,6,8-10,14,17,20-22,24-26,30-31,34-36,38-41H2,1-2H3,(H,60,61)/b7-5-,13-11-,16-15-,19-18-,23-12-,29-27+,32-28-,37-33-/t42?,43-,46?,47-,48+,49-,50-,51?/m1/s1. The van der Waals surface area contributed by atoms with Crippen LogP contribution in [0.3, 0.4) is 0 Å². The SMILES string of the molecule is CC/C=C\C/C=C\C/C=C\C/C=C\CCCCCCCCC(=O)O[C@H](COC(=O)CCC/C=C/C=C\C(O)C/C=C\C/C=C\CCCCC)COP(=O)(O)OC1[C@H](O)[C@H](O)C(O)[C@H](O)[C@H]1O. The Morgan fingerprint density at radius 2 is 1.06 bits per heavy atom. The molecule has 0 aromatic heterocycles. The summed E-state index contributed by atoms with van der Waals surface area (Å²) in [5.41, 5.74) is 0. The summed E-state index contributed by atoms with van der Waals surface area (Å²) in [5.74, 6) is -1.26. The van der Waals surface area contributed by atoms with E-state index in [4.69, 9.17) is 18.5 Å². The average Bonchev–Trinajstić information content (AvgIpc) is 3.29. The molecular weight excluding hydrogens is 868 g/mol. The lowest BCUT2D eigenvalue weighted by atomic mass is 9.85. The topological polar surface area (TPSA) is 230 Å². The molecule has 1 saturated carbocycles. The van der Waals surface area contributed by atoms with Crippen molar-refractivity contribution in [2.75, 3.05) is 13.2 Å². The summed E-state index contributed by atoms with van der Waals surface area (Å²) < 4.78 is 33.5. The number of phosphoric ester groups is 1. The van der Waals surface area contributed by atoms with Gasteiger partial charge in [0.05, 0.1) is 12.7 Å². The molecule has 0 heterocycles. The fourth-order valence-electron chi connectivity index (χ4n) is 6.58. The highest BCUT2D eigenvalue weighted by atomic mass is 31.2. The number of aliphatic hydroxyl groups is 6. The quantitative estimate of drug-likeness (QED) is 0.0101. The molecule has 1 rings (SSSR count). The first-order valence-corrected chi connectivity index (χ1v) is 25.6. The van der Waals surface area contributed by atoms with Gasteiger partial charge in [-0.2, -0.15) is 0 Å². The Kier molecular flexibility index (Phi) is 36.5. The molecule has 14 nitrogen and oxygen atoms in total. The maximum Gasteiger partial charge on any atom is 0.472 e. The highest BCUT2D eigenvalue weighted by molar-refractivity contribution is 7.47. The van der Waals surface area contributed by atoms with Crippen LogP contribution in [0.1, 0.15) is 149 Å². The van der Waals surface area contributed by atoms with Gasteiger partial charge in [-0.15, -0.1) is 0 Å². The number of hydrogen-bond donors (Lipinski definition) is 7. The van der Waals surface area contributed by atoms with Gasteiger partial charge in [-0.3, -0.25) is 18.6 Å². The molecule has 1 aliphatic carbocycles. The van der Waals surface area contributed by atoms with E-state index in [0.717, 1.165) is 77.0 Å². The lowest BCUT2D eigenvalue weighted by Gasteiger charge is -2.41. The van der Waals surface area contributed by atoms with Gasteiger partial charge in [-0.1, -0.05) is 150 Å². The van der Waals surface area contributed by atoms with E-state index in [-0.39, 0.29) is 12.8 Å². The molecule has 7 N–H and O–H groups in total. The lowest BCUT2D eigenvalue weighted by molar-refractivity contribution is -0.220. The Bertz CT molecular complexity index is 1540. The van der Waals surface area contributed by atoms with Gasteiger partial charge in [0.1, 0.15) is 43.2 Å². The van der Waals surface area contributed by atoms with E-state index < -0.39 is 81.8 Å². The number of aliphatic hydroxyl groups excluding tert-OH is 6. The van der Waals surface area contributed by atoms with Gasteiger partial charge >= 0.3 is 19.8 Å². The first-order valence-electron chi connectivity index (χ1n) is 24.1. The maximum atomic E-state index is 12.8. The number of hydrogen-bond acceptors (Lipinski definition) is 13. The smallest absolute Gasteiger partial charge is 0.462 e. The van der Waals surface area contributed by atoms with Crippen molar-refractivity contribution >= 4 is 19.8 Å². The molecular formula is C51H83O14P. The van der Waals surface area contributed by atoms with Crippen LogP contribution in [0.15, 0.2) is 97.2 Å². The van der Waals surface area contributed by atoms with Crippen LogP contribution in [0.2, 0.25) is 0 Å². The zero-order chi connectivity index (χ0) is 48.7. The van der Waals surface area contributed by atoms with Crippen molar-refractivity contribution in [2.45, 2.75) is 198 Å². The summed E-state index contributed by atoms with van der Waals surface area (Å²) in [7, 11) is -5.16. The van der Waals surface area contributed by atoms with Crippen LogP contribution in [0.25, 0.3) is 0 Å². The Labute approximate surface area is 394 Å². The average molecular weight is 951 g/mol. The molecule has 1 fully saturated rings. The molecule has 0 aromatic rings. The third-order valence-electron chi connectivity index (χ3n) is 10.5. The summed E-state index contributed by atoms with van der Waals surface area (Å²) in [6.45, 7) is 3.01. The van der Waals surface area contributed by atoms with E-state index in [1.165, 1.54) is 19.3 Å². The van der Waals surface area contributed by atoms with Crippen molar-refractivity contribution in [1.82, 2.24) is 0 Å². The normalized spacial score (nSPS) is 22.6. The second kappa shape index (κ2) is 39.7. The number of ether oxygens (including phenoxy) is 2. The molecule has 0 bridgehead atoms. The second-order valence-electron chi connectivity index (χ2n) is 16.4.